The van der Waals surface area contributed by atoms with E-state index in [4.69, 9.17) is 5.73 Å². The number of fused-ring (bicyclic) bond motifs is 3. The zero-order valence-electron chi connectivity index (χ0n) is 36.5. The van der Waals surface area contributed by atoms with Crippen LogP contribution in [0.2, 0.25) is 0 Å². The highest BCUT2D eigenvalue weighted by Gasteiger charge is 2.32. The molecule has 7 aromatic rings. The SMILES string of the molecule is Nc1c(N=Nc2ccc3c(O)c(N=Nc4cc5c(O)cc(S(=O)(=O)O)cc5cc4S(=O)(=O)O)c(S(=O)(=O)O)cc3c2S(=O)(=O)O)cc(S(=O)(=O)O)c2cc(S(=O)(=O)O)c(N=Nc3ccc([N+](=O)[O-])cc3S(=O)(=O)O)c(O)c12. The molecule has 0 saturated carbocycles. The van der Waals surface area contributed by atoms with Gasteiger partial charge in [-0.05, 0) is 60.0 Å². The summed E-state index contributed by atoms with van der Waals surface area (Å²) in [7, 11) is -38.7. The number of aromatic hydroxyl groups is 3. The van der Waals surface area contributed by atoms with Crippen LogP contribution in [0.3, 0.4) is 0 Å². The highest BCUT2D eigenvalue weighted by molar-refractivity contribution is 7.87. The molecule has 34 nitrogen and oxygen atoms in total. The Morgan fingerprint density at radius 3 is 1.42 bits per heavy atom. The molecular formula is C36H24N8O26S7. The maximum atomic E-state index is 13.0. The predicted octanol–water partition coefficient (Wildman–Crippen LogP) is 5.73. The fraction of sp³-hybridized carbons (Fsp3) is 0. The van der Waals surface area contributed by atoms with E-state index in [2.05, 4.69) is 30.7 Å². The van der Waals surface area contributed by atoms with E-state index >= 15 is 0 Å². The van der Waals surface area contributed by atoms with E-state index in [0.29, 0.717) is 54.6 Å². The summed E-state index contributed by atoms with van der Waals surface area (Å²) >= 11 is 0. The number of azo groups is 3. The number of phenolic OH excluding ortho intramolecular Hbond substituents is 3. The maximum absolute atomic E-state index is 13.0. The number of nitrogens with two attached hydrogens (primary N) is 1. The summed E-state index contributed by atoms with van der Waals surface area (Å²) in [5.41, 5.74) is -2.57. The molecule has 0 bridgehead atoms. The normalized spacial score (nSPS) is 13.5. The first-order valence-electron chi connectivity index (χ1n) is 19.2. The van der Waals surface area contributed by atoms with Crippen LogP contribution in [0.5, 0.6) is 17.2 Å². The van der Waals surface area contributed by atoms with E-state index in [9.17, 15) is 116 Å². The van der Waals surface area contributed by atoms with Gasteiger partial charge in [0.05, 0.1) is 20.9 Å². The number of nitro benzene ring substituents is 1. The van der Waals surface area contributed by atoms with Gasteiger partial charge < -0.3 is 21.1 Å². The molecule has 0 aliphatic heterocycles. The lowest BCUT2D eigenvalue weighted by Crippen LogP contribution is -2.04. The topological polar surface area (TPSA) is 585 Å². The zero-order valence-corrected chi connectivity index (χ0v) is 42.2. The maximum Gasteiger partial charge on any atom is 0.297 e. The van der Waals surface area contributed by atoms with Crippen molar-refractivity contribution in [3.8, 4) is 17.2 Å². The predicted molar refractivity (Wildman–Crippen MR) is 256 cm³/mol. The number of non-ortho nitro benzene ring substituents is 1. The summed E-state index contributed by atoms with van der Waals surface area (Å²) in [6.45, 7) is 0. The molecule has 7 rings (SSSR count). The molecule has 77 heavy (non-hydrogen) atoms. The van der Waals surface area contributed by atoms with Crippen LogP contribution in [0, 0.1) is 10.1 Å². The molecule has 0 heterocycles. The van der Waals surface area contributed by atoms with Crippen LogP contribution in [0.4, 0.5) is 45.5 Å². The second kappa shape index (κ2) is 19.0. The number of rotatable bonds is 14. The minimum absolute atomic E-state index is 0.227. The van der Waals surface area contributed by atoms with Gasteiger partial charge in [-0.25, -0.2) is 0 Å². The monoisotopic (exact) mass is 1210 g/mol. The van der Waals surface area contributed by atoms with E-state index in [0.717, 1.165) is 0 Å². The standard InChI is InChI=1S/C36H24N8O26S7/c37-31-23(12-25(72(53,54)55)19-11-29(76(65,66)67)33(35(47)30(19)31)43-38-20-3-1-14(44(48)49)7-27(20)74(59,60)61)41-39-21-4-2-16-18(36(21)77(68,69)70)10-28(75(62,63)64)32(34(16)46)42-40-22-9-17-13(6-26(22)73(56,57)58)5-15(8-24(17)45)71(50,51)52/h1-12,45-47H,37H2,(H,50,51,52)(H,53,54,55)(H,56,57,58)(H,59,60,61)(H,62,63,64)(H,65,66,67)(H,68,69,70). The molecule has 0 aromatic heterocycles. The van der Waals surface area contributed by atoms with Crippen LogP contribution in [0.15, 0.2) is 138 Å². The Hall–Kier alpha value is -7.91. The quantitative estimate of drug-likeness (QED) is 0.0204. The number of benzene rings is 7. The van der Waals surface area contributed by atoms with Crippen molar-refractivity contribution in [3.63, 3.8) is 0 Å². The number of nitrogen functional groups attached to an aromatic ring is 1. The highest BCUT2D eigenvalue weighted by Crippen LogP contribution is 2.50. The number of nitro groups is 1. The molecule has 12 N–H and O–H groups in total. The van der Waals surface area contributed by atoms with Crippen LogP contribution < -0.4 is 5.73 Å². The van der Waals surface area contributed by atoms with Crippen molar-refractivity contribution in [2.45, 2.75) is 34.3 Å². The molecule has 0 unspecified atom stereocenters. The molecule has 0 aliphatic rings. The molecular weight excluding hydrogens is 1180 g/mol. The second-order valence-electron chi connectivity index (χ2n) is 15.2. The van der Waals surface area contributed by atoms with Crippen LogP contribution in [0.1, 0.15) is 0 Å². The van der Waals surface area contributed by atoms with Crippen molar-refractivity contribution in [2.75, 3.05) is 5.73 Å². The van der Waals surface area contributed by atoms with Gasteiger partial charge in [-0.3, -0.25) is 42.0 Å². The van der Waals surface area contributed by atoms with Crippen LogP contribution in [-0.4, -0.2) is 111 Å². The molecule has 406 valence electrons. The average molecular weight is 1210 g/mol. The van der Waals surface area contributed by atoms with Gasteiger partial charge >= 0.3 is 0 Å². The Bertz CT molecular complexity index is 4780. The first-order valence-corrected chi connectivity index (χ1v) is 29.3. The van der Waals surface area contributed by atoms with Crippen molar-refractivity contribution in [1.29, 1.82) is 0 Å². The third-order valence-corrected chi connectivity index (χ3v) is 16.5. The van der Waals surface area contributed by atoms with Gasteiger partial charge in [0, 0.05) is 39.7 Å². The first kappa shape index (κ1) is 56.8. The molecule has 0 spiro atoms. The van der Waals surface area contributed by atoms with Gasteiger partial charge in [-0.2, -0.15) is 58.9 Å². The highest BCUT2D eigenvalue weighted by atomic mass is 32.2. The fourth-order valence-electron chi connectivity index (χ4n) is 7.11. The molecule has 0 radical (unpaired) electrons. The van der Waals surface area contributed by atoms with Crippen molar-refractivity contribution in [1.82, 2.24) is 0 Å². The average Bonchev–Trinajstić information content (AvgIpc) is 3.27. The lowest BCUT2D eigenvalue weighted by molar-refractivity contribution is -0.385. The zero-order chi connectivity index (χ0) is 57.7. The van der Waals surface area contributed by atoms with Gasteiger partial charge in [-0.1, -0.05) is 0 Å². The summed E-state index contributed by atoms with van der Waals surface area (Å²) in [5.74, 6) is -3.97. The van der Waals surface area contributed by atoms with E-state index < -0.39 is 205 Å². The molecule has 0 atom stereocenters. The van der Waals surface area contributed by atoms with Crippen molar-refractivity contribution in [2.24, 2.45) is 30.7 Å². The van der Waals surface area contributed by atoms with E-state index in [1.54, 1.807) is 0 Å². The summed E-state index contributed by atoms with van der Waals surface area (Å²) in [6.07, 6.45) is 0. The molecule has 0 aliphatic carbocycles. The van der Waals surface area contributed by atoms with Crippen molar-refractivity contribution >= 4 is 149 Å². The Morgan fingerprint density at radius 2 is 0.896 bits per heavy atom. The van der Waals surface area contributed by atoms with Crippen molar-refractivity contribution in [3.05, 3.63) is 82.9 Å². The lowest BCUT2D eigenvalue weighted by atomic mass is 10.0. The molecule has 41 heteroatoms. The third-order valence-electron chi connectivity index (χ3n) is 10.3. The number of nitrogens with zero attached hydrogens (tertiary/aromatic N) is 7. The lowest BCUT2D eigenvalue weighted by Gasteiger charge is -2.15. The summed E-state index contributed by atoms with van der Waals surface area (Å²) in [5, 5.41) is 60.5. The van der Waals surface area contributed by atoms with Crippen molar-refractivity contribution < 1.29 is 111 Å². The Kier molecular flexibility index (Phi) is 14.0. The Balaban J connectivity index is 1.45. The van der Waals surface area contributed by atoms with Gasteiger partial charge in [-0.15, -0.1) is 30.7 Å². The smallest absolute Gasteiger partial charge is 0.297 e. The number of phenols is 3. The molecule has 7 aromatic carbocycles. The fourth-order valence-corrected chi connectivity index (χ4v) is 11.7. The van der Waals surface area contributed by atoms with Gasteiger partial charge in [0.1, 0.15) is 69.2 Å². The van der Waals surface area contributed by atoms with Gasteiger partial charge in [0.15, 0.2) is 11.5 Å². The number of anilines is 1. The minimum atomic E-state index is -5.79. The molecule has 0 fully saturated rings. The van der Waals surface area contributed by atoms with Crippen LogP contribution in [-0.2, 0) is 70.8 Å². The largest absolute Gasteiger partial charge is 0.507 e. The summed E-state index contributed by atoms with van der Waals surface area (Å²) in [6, 6.07) is 5.90. The summed E-state index contributed by atoms with van der Waals surface area (Å²) in [4.78, 5) is 0.629. The third kappa shape index (κ3) is 11.2. The summed E-state index contributed by atoms with van der Waals surface area (Å²) < 4.78 is 245. The van der Waals surface area contributed by atoms with Crippen LogP contribution in [0.25, 0.3) is 32.3 Å². The Labute approximate surface area is 428 Å². The number of hydrogen-bond acceptors (Lipinski definition) is 26. The minimum Gasteiger partial charge on any atom is -0.507 e. The van der Waals surface area contributed by atoms with E-state index in [-0.39, 0.29) is 18.2 Å². The second-order valence-corrected chi connectivity index (χ2v) is 24.9. The first-order chi connectivity index (χ1) is 35.1. The van der Waals surface area contributed by atoms with E-state index in [1.165, 1.54) is 0 Å². The molecule has 0 amide bonds. The van der Waals surface area contributed by atoms with Crippen LogP contribution >= 0.6 is 0 Å². The van der Waals surface area contributed by atoms with Gasteiger partial charge in [0.2, 0.25) is 0 Å². The Morgan fingerprint density at radius 1 is 0.416 bits per heavy atom. The van der Waals surface area contributed by atoms with E-state index in [1.807, 2.05) is 0 Å². The van der Waals surface area contributed by atoms with Gasteiger partial charge in [0.25, 0.3) is 76.5 Å². The number of hydrogen-bond donors (Lipinski definition) is 11. The molecule has 0 saturated heterocycles.